The highest BCUT2D eigenvalue weighted by molar-refractivity contribution is 7.92. The van der Waals surface area contributed by atoms with Gasteiger partial charge in [0.05, 0.1) is 18.0 Å². The number of sulfonamides is 2. The standard InChI is InChI=1S/C18H27N3O6S2/c1-2-27-16-6-5-15(21-9-3-4-12-28(21,23)24)13-17(16)29(25,26)20-10-7-14(8-11-20)18(19)22/h5-6,13-14H,2-4,7-12H2,1H3,(H2,19,22). The van der Waals surface area contributed by atoms with Crippen molar-refractivity contribution in [2.24, 2.45) is 11.7 Å². The number of carbonyl (C=O) groups is 1. The molecule has 0 unspecified atom stereocenters. The topological polar surface area (TPSA) is 127 Å². The lowest BCUT2D eigenvalue weighted by atomic mass is 9.98. The number of hydrogen-bond acceptors (Lipinski definition) is 6. The Morgan fingerprint density at radius 3 is 2.48 bits per heavy atom. The first-order valence-electron chi connectivity index (χ1n) is 9.73. The number of primary amides is 1. The summed E-state index contributed by atoms with van der Waals surface area (Å²) in [4.78, 5) is 11.3. The summed E-state index contributed by atoms with van der Waals surface area (Å²) >= 11 is 0. The third-order valence-corrected chi connectivity index (χ3v) is 9.13. The summed E-state index contributed by atoms with van der Waals surface area (Å²) in [5.74, 6) is -0.530. The van der Waals surface area contributed by atoms with Gasteiger partial charge in [-0.15, -0.1) is 0 Å². The minimum atomic E-state index is -3.93. The number of ether oxygens (including phenoxy) is 1. The largest absolute Gasteiger partial charge is 0.492 e. The van der Waals surface area contributed by atoms with Crippen molar-refractivity contribution in [3.63, 3.8) is 0 Å². The monoisotopic (exact) mass is 445 g/mol. The molecule has 1 amide bonds. The Kier molecular flexibility index (Phi) is 6.39. The van der Waals surface area contributed by atoms with Crippen LogP contribution < -0.4 is 14.8 Å². The van der Waals surface area contributed by atoms with Crippen molar-refractivity contribution in [3.8, 4) is 5.75 Å². The molecule has 2 aliphatic rings. The predicted octanol–water partition coefficient (Wildman–Crippen LogP) is 0.901. The molecule has 1 aromatic rings. The fourth-order valence-electron chi connectivity index (χ4n) is 3.73. The summed E-state index contributed by atoms with van der Waals surface area (Å²) in [7, 11) is -7.40. The van der Waals surface area contributed by atoms with Crippen LogP contribution in [0, 0.1) is 5.92 Å². The summed E-state index contributed by atoms with van der Waals surface area (Å²) in [6, 6.07) is 4.46. The van der Waals surface area contributed by atoms with Crippen LogP contribution in [0.3, 0.4) is 0 Å². The van der Waals surface area contributed by atoms with E-state index in [-0.39, 0.29) is 42.0 Å². The average molecular weight is 446 g/mol. The molecule has 2 aliphatic heterocycles. The maximum atomic E-state index is 13.3. The van der Waals surface area contributed by atoms with E-state index in [0.717, 1.165) is 6.42 Å². The summed E-state index contributed by atoms with van der Waals surface area (Å²) < 4.78 is 59.6. The zero-order valence-electron chi connectivity index (χ0n) is 16.4. The molecule has 0 radical (unpaired) electrons. The second kappa shape index (κ2) is 8.49. The SMILES string of the molecule is CCOc1ccc(N2CCCCS2(=O)=O)cc1S(=O)(=O)N1CCC(C(N)=O)CC1. The number of amides is 1. The highest BCUT2D eigenvalue weighted by Gasteiger charge is 2.34. The number of hydrogen-bond donors (Lipinski definition) is 1. The van der Waals surface area contributed by atoms with Crippen LogP contribution in [0.15, 0.2) is 23.1 Å². The fourth-order valence-corrected chi connectivity index (χ4v) is 6.98. The van der Waals surface area contributed by atoms with Gasteiger partial charge in [-0.3, -0.25) is 9.10 Å². The Balaban J connectivity index is 1.97. The number of anilines is 1. The molecule has 0 aliphatic carbocycles. The quantitative estimate of drug-likeness (QED) is 0.693. The molecule has 3 rings (SSSR count). The van der Waals surface area contributed by atoms with Gasteiger partial charge in [-0.1, -0.05) is 0 Å². The van der Waals surface area contributed by atoms with Crippen LogP contribution in [0.2, 0.25) is 0 Å². The molecular formula is C18H27N3O6S2. The Labute approximate surface area is 171 Å². The Bertz CT molecular complexity index is 969. The smallest absolute Gasteiger partial charge is 0.246 e. The van der Waals surface area contributed by atoms with Gasteiger partial charge >= 0.3 is 0 Å². The molecule has 2 heterocycles. The van der Waals surface area contributed by atoms with Crippen molar-refractivity contribution in [1.82, 2.24) is 4.31 Å². The Morgan fingerprint density at radius 2 is 1.90 bits per heavy atom. The van der Waals surface area contributed by atoms with Crippen LogP contribution >= 0.6 is 0 Å². The van der Waals surface area contributed by atoms with Gasteiger partial charge in [0.15, 0.2) is 0 Å². The minimum absolute atomic E-state index is 0.0446. The normalized spacial score (nSPS) is 21.1. The van der Waals surface area contributed by atoms with Crippen LogP contribution in [0.1, 0.15) is 32.6 Å². The van der Waals surface area contributed by atoms with Crippen molar-refractivity contribution in [2.75, 3.05) is 36.3 Å². The molecule has 0 saturated carbocycles. The van der Waals surface area contributed by atoms with Crippen molar-refractivity contribution >= 4 is 31.6 Å². The first-order valence-corrected chi connectivity index (χ1v) is 12.8. The lowest BCUT2D eigenvalue weighted by Gasteiger charge is -2.31. The number of rotatable bonds is 6. The number of nitrogens with zero attached hydrogens (tertiary/aromatic N) is 2. The maximum absolute atomic E-state index is 13.3. The lowest BCUT2D eigenvalue weighted by molar-refractivity contribution is -0.122. The Hall–Kier alpha value is -1.85. The van der Waals surface area contributed by atoms with Crippen LogP contribution in [0.25, 0.3) is 0 Å². The Morgan fingerprint density at radius 1 is 1.21 bits per heavy atom. The van der Waals surface area contributed by atoms with E-state index in [0.29, 0.717) is 31.5 Å². The van der Waals surface area contributed by atoms with Gasteiger partial charge in [0.25, 0.3) is 0 Å². The van der Waals surface area contributed by atoms with E-state index in [4.69, 9.17) is 10.5 Å². The highest BCUT2D eigenvalue weighted by atomic mass is 32.2. The highest BCUT2D eigenvalue weighted by Crippen LogP contribution is 2.35. The summed E-state index contributed by atoms with van der Waals surface area (Å²) in [5.41, 5.74) is 5.65. The third kappa shape index (κ3) is 4.51. The number of benzene rings is 1. The zero-order valence-corrected chi connectivity index (χ0v) is 18.0. The molecule has 0 aromatic heterocycles. The van der Waals surface area contributed by atoms with E-state index in [1.54, 1.807) is 13.0 Å². The van der Waals surface area contributed by atoms with E-state index in [1.807, 2.05) is 0 Å². The van der Waals surface area contributed by atoms with E-state index < -0.39 is 26.0 Å². The molecular weight excluding hydrogens is 418 g/mol. The second-order valence-electron chi connectivity index (χ2n) is 7.24. The van der Waals surface area contributed by atoms with Gasteiger partial charge in [-0.25, -0.2) is 16.8 Å². The van der Waals surface area contributed by atoms with Gasteiger partial charge in [-0.05, 0) is 50.8 Å². The molecule has 0 spiro atoms. The molecule has 0 atom stereocenters. The summed E-state index contributed by atoms with van der Waals surface area (Å²) in [5, 5.41) is 0. The molecule has 0 bridgehead atoms. The minimum Gasteiger partial charge on any atom is -0.492 e. The first kappa shape index (κ1) is 21.8. The molecule has 11 heteroatoms. The van der Waals surface area contributed by atoms with Gasteiger partial charge < -0.3 is 10.5 Å². The lowest BCUT2D eigenvalue weighted by Crippen LogP contribution is -2.42. The van der Waals surface area contributed by atoms with Crippen molar-refractivity contribution in [2.45, 2.75) is 37.5 Å². The van der Waals surface area contributed by atoms with Crippen LogP contribution in [0.5, 0.6) is 5.75 Å². The van der Waals surface area contributed by atoms with Crippen LogP contribution in [0.4, 0.5) is 5.69 Å². The zero-order chi connectivity index (χ0) is 21.2. The number of carbonyl (C=O) groups excluding carboxylic acids is 1. The first-order chi connectivity index (χ1) is 13.7. The van der Waals surface area contributed by atoms with E-state index in [9.17, 15) is 21.6 Å². The van der Waals surface area contributed by atoms with E-state index in [1.165, 1.54) is 20.7 Å². The van der Waals surface area contributed by atoms with Gasteiger partial charge in [0.1, 0.15) is 10.6 Å². The van der Waals surface area contributed by atoms with Crippen molar-refractivity contribution in [1.29, 1.82) is 0 Å². The summed E-state index contributed by atoms with van der Waals surface area (Å²) in [6.07, 6.45) is 2.03. The fraction of sp³-hybridized carbons (Fsp3) is 0.611. The van der Waals surface area contributed by atoms with Gasteiger partial charge in [-0.2, -0.15) is 4.31 Å². The molecule has 9 nitrogen and oxygen atoms in total. The summed E-state index contributed by atoms with van der Waals surface area (Å²) in [6.45, 7) is 2.69. The van der Waals surface area contributed by atoms with Crippen molar-refractivity contribution in [3.05, 3.63) is 18.2 Å². The number of piperidine rings is 1. The van der Waals surface area contributed by atoms with E-state index in [2.05, 4.69) is 0 Å². The molecule has 2 N–H and O–H groups in total. The third-order valence-electron chi connectivity index (χ3n) is 5.34. The molecule has 29 heavy (non-hydrogen) atoms. The maximum Gasteiger partial charge on any atom is 0.246 e. The molecule has 162 valence electrons. The number of nitrogens with two attached hydrogens (primary N) is 1. The average Bonchev–Trinajstić information content (AvgIpc) is 2.68. The van der Waals surface area contributed by atoms with Gasteiger partial charge in [0, 0.05) is 25.6 Å². The second-order valence-corrected chi connectivity index (χ2v) is 11.2. The molecule has 2 saturated heterocycles. The molecule has 2 fully saturated rings. The van der Waals surface area contributed by atoms with E-state index >= 15 is 0 Å². The van der Waals surface area contributed by atoms with Crippen LogP contribution in [-0.2, 0) is 24.8 Å². The van der Waals surface area contributed by atoms with Gasteiger partial charge in [0.2, 0.25) is 26.0 Å². The van der Waals surface area contributed by atoms with Crippen LogP contribution in [-0.4, -0.2) is 59.0 Å². The van der Waals surface area contributed by atoms with Crippen molar-refractivity contribution < 1.29 is 26.4 Å². The predicted molar refractivity (Wildman–Crippen MR) is 109 cm³/mol. The molecule has 1 aromatic carbocycles.